The lowest BCUT2D eigenvalue weighted by Crippen LogP contribution is -2.48. The van der Waals surface area contributed by atoms with Gasteiger partial charge >= 0.3 is 0 Å². The number of hydrogen-bond acceptors (Lipinski definition) is 3. The summed E-state index contributed by atoms with van der Waals surface area (Å²) in [5, 5.41) is 24.5. The van der Waals surface area contributed by atoms with Crippen LogP contribution >= 0.6 is 0 Å². The predicted octanol–water partition coefficient (Wildman–Crippen LogP) is 2.60. The zero-order valence-corrected chi connectivity index (χ0v) is 12.5. The first-order valence-corrected chi connectivity index (χ1v) is 8.17. The standard InChI is InChI=1S/C16H31NO2/c1-14-7-6-10-16(19,11-14)13-17-12-15(18)8-4-2-3-5-9-15/h14,17-19H,2-13H2,1H3. The summed E-state index contributed by atoms with van der Waals surface area (Å²) in [6, 6.07) is 0. The lowest BCUT2D eigenvalue weighted by Gasteiger charge is -2.37. The Labute approximate surface area is 117 Å². The summed E-state index contributed by atoms with van der Waals surface area (Å²) >= 11 is 0. The van der Waals surface area contributed by atoms with E-state index in [0.717, 1.165) is 44.9 Å². The second-order valence-corrected chi connectivity index (χ2v) is 7.17. The van der Waals surface area contributed by atoms with Gasteiger partial charge in [0.1, 0.15) is 0 Å². The minimum Gasteiger partial charge on any atom is -0.389 e. The number of nitrogens with one attached hydrogen (secondary N) is 1. The van der Waals surface area contributed by atoms with Crippen LogP contribution in [0.3, 0.4) is 0 Å². The number of hydrogen-bond donors (Lipinski definition) is 3. The van der Waals surface area contributed by atoms with Crippen LogP contribution in [0.2, 0.25) is 0 Å². The summed E-state index contributed by atoms with van der Waals surface area (Å²) in [6.45, 7) is 3.51. The molecular formula is C16H31NO2. The summed E-state index contributed by atoms with van der Waals surface area (Å²) in [5.41, 5.74) is -1.08. The molecule has 0 aromatic carbocycles. The van der Waals surface area contributed by atoms with E-state index in [-0.39, 0.29) is 0 Å². The summed E-state index contributed by atoms with van der Waals surface area (Å²) in [5.74, 6) is 0.626. The van der Waals surface area contributed by atoms with Gasteiger partial charge in [-0.3, -0.25) is 0 Å². The van der Waals surface area contributed by atoms with E-state index in [4.69, 9.17) is 0 Å². The molecule has 0 aliphatic heterocycles. The zero-order chi connectivity index (χ0) is 13.8. The lowest BCUT2D eigenvalue weighted by molar-refractivity contribution is -0.0224. The van der Waals surface area contributed by atoms with Gasteiger partial charge in [-0.1, -0.05) is 45.4 Å². The van der Waals surface area contributed by atoms with E-state index < -0.39 is 11.2 Å². The van der Waals surface area contributed by atoms with E-state index in [1.165, 1.54) is 19.3 Å². The van der Waals surface area contributed by atoms with Gasteiger partial charge in [-0.05, 0) is 31.6 Å². The van der Waals surface area contributed by atoms with Crippen molar-refractivity contribution in [3.8, 4) is 0 Å². The predicted molar refractivity (Wildman–Crippen MR) is 78.1 cm³/mol. The van der Waals surface area contributed by atoms with Crippen LogP contribution in [0.5, 0.6) is 0 Å². The summed E-state index contributed by atoms with van der Waals surface area (Å²) in [6.07, 6.45) is 10.8. The molecule has 3 N–H and O–H groups in total. The fourth-order valence-corrected chi connectivity index (χ4v) is 3.88. The molecular weight excluding hydrogens is 238 g/mol. The molecule has 0 spiro atoms. The maximum absolute atomic E-state index is 10.6. The number of aliphatic hydroxyl groups is 2. The topological polar surface area (TPSA) is 52.5 Å². The van der Waals surface area contributed by atoms with Crippen molar-refractivity contribution in [1.29, 1.82) is 0 Å². The lowest BCUT2D eigenvalue weighted by atomic mass is 9.79. The Bertz CT molecular complexity index is 270. The largest absolute Gasteiger partial charge is 0.389 e. The molecule has 2 rings (SSSR count). The fraction of sp³-hybridized carbons (Fsp3) is 1.00. The minimum absolute atomic E-state index is 0.535. The van der Waals surface area contributed by atoms with E-state index in [1.54, 1.807) is 0 Å². The van der Waals surface area contributed by atoms with Crippen molar-refractivity contribution in [3.63, 3.8) is 0 Å². The van der Waals surface area contributed by atoms with Crippen molar-refractivity contribution >= 4 is 0 Å². The first-order valence-electron chi connectivity index (χ1n) is 8.17. The normalized spacial score (nSPS) is 35.8. The molecule has 2 aliphatic rings. The van der Waals surface area contributed by atoms with Gasteiger partial charge in [0.2, 0.25) is 0 Å². The fourth-order valence-electron chi connectivity index (χ4n) is 3.88. The van der Waals surface area contributed by atoms with Crippen molar-refractivity contribution in [3.05, 3.63) is 0 Å². The maximum atomic E-state index is 10.6. The van der Waals surface area contributed by atoms with Gasteiger partial charge in [-0.15, -0.1) is 0 Å². The Hall–Kier alpha value is -0.120. The van der Waals surface area contributed by atoms with Crippen LogP contribution in [0, 0.1) is 5.92 Å². The van der Waals surface area contributed by atoms with Crippen LogP contribution < -0.4 is 5.32 Å². The molecule has 0 amide bonds. The van der Waals surface area contributed by atoms with Crippen LogP contribution in [0.25, 0.3) is 0 Å². The molecule has 0 radical (unpaired) electrons. The van der Waals surface area contributed by atoms with Crippen molar-refractivity contribution in [1.82, 2.24) is 5.32 Å². The molecule has 0 heterocycles. The SMILES string of the molecule is CC1CCCC(O)(CNCC2(O)CCCCCC2)C1. The van der Waals surface area contributed by atoms with Crippen LogP contribution in [-0.4, -0.2) is 34.5 Å². The van der Waals surface area contributed by atoms with Crippen molar-refractivity contribution in [2.45, 2.75) is 82.3 Å². The zero-order valence-electron chi connectivity index (χ0n) is 12.5. The van der Waals surface area contributed by atoms with Crippen LogP contribution in [0.4, 0.5) is 0 Å². The Balaban J connectivity index is 1.75. The smallest absolute Gasteiger partial charge is 0.0774 e. The molecule has 19 heavy (non-hydrogen) atoms. The Kier molecular flexibility index (Phi) is 5.27. The van der Waals surface area contributed by atoms with Crippen LogP contribution in [-0.2, 0) is 0 Å². The van der Waals surface area contributed by atoms with Crippen molar-refractivity contribution in [2.24, 2.45) is 5.92 Å². The highest BCUT2D eigenvalue weighted by atomic mass is 16.3. The van der Waals surface area contributed by atoms with Crippen molar-refractivity contribution < 1.29 is 10.2 Å². The Morgan fingerprint density at radius 3 is 2.11 bits per heavy atom. The molecule has 0 aromatic heterocycles. The molecule has 2 aliphatic carbocycles. The second kappa shape index (κ2) is 6.55. The first-order chi connectivity index (χ1) is 9.02. The third-order valence-electron chi connectivity index (χ3n) is 5.01. The van der Waals surface area contributed by atoms with Gasteiger partial charge in [0.25, 0.3) is 0 Å². The molecule has 0 bridgehead atoms. The average Bonchev–Trinajstić information content (AvgIpc) is 2.54. The minimum atomic E-state index is -0.543. The average molecular weight is 269 g/mol. The highest BCUT2D eigenvalue weighted by Crippen LogP contribution is 2.32. The maximum Gasteiger partial charge on any atom is 0.0774 e. The molecule has 0 aromatic rings. The number of rotatable bonds is 4. The molecule has 2 unspecified atom stereocenters. The third-order valence-corrected chi connectivity index (χ3v) is 5.01. The van der Waals surface area contributed by atoms with Gasteiger partial charge < -0.3 is 15.5 Å². The second-order valence-electron chi connectivity index (χ2n) is 7.17. The van der Waals surface area contributed by atoms with E-state index >= 15 is 0 Å². The van der Waals surface area contributed by atoms with Gasteiger partial charge in [0, 0.05) is 13.1 Å². The highest BCUT2D eigenvalue weighted by molar-refractivity contribution is 4.89. The van der Waals surface area contributed by atoms with E-state index in [9.17, 15) is 10.2 Å². The van der Waals surface area contributed by atoms with Crippen LogP contribution in [0.15, 0.2) is 0 Å². The van der Waals surface area contributed by atoms with Gasteiger partial charge in [0.05, 0.1) is 11.2 Å². The summed E-state index contributed by atoms with van der Waals surface area (Å²) < 4.78 is 0. The summed E-state index contributed by atoms with van der Waals surface area (Å²) in [4.78, 5) is 0. The van der Waals surface area contributed by atoms with E-state index in [0.29, 0.717) is 19.0 Å². The molecule has 2 atom stereocenters. The third kappa shape index (κ3) is 4.73. The molecule has 2 fully saturated rings. The highest BCUT2D eigenvalue weighted by Gasteiger charge is 2.34. The Morgan fingerprint density at radius 2 is 1.47 bits per heavy atom. The molecule has 0 saturated heterocycles. The van der Waals surface area contributed by atoms with Gasteiger partial charge in [-0.2, -0.15) is 0 Å². The molecule has 3 nitrogen and oxygen atoms in total. The monoisotopic (exact) mass is 269 g/mol. The molecule has 2 saturated carbocycles. The molecule has 112 valence electrons. The van der Waals surface area contributed by atoms with E-state index in [1.807, 2.05) is 0 Å². The van der Waals surface area contributed by atoms with Crippen molar-refractivity contribution in [2.75, 3.05) is 13.1 Å². The van der Waals surface area contributed by atoms with Gasteiger partial charge in [-0.25, -0.2) is 0 Å². The van der Waals surface area contributed by atoms with E-state index in [2.05, 4.69) is 12.2 Å². The summed E-state index contributed by atoms with van der Waals surface area (Å²) in [7, 11) is 0. The molecule has 3 heteroatoms. The van der Waals surface area contributed by atoms with Crippen LogP contribution in [0.1, 0.15) is 71.1 Å². The van der Waals surface area contributed by atoms with Gasteiger partial charge in [0.15, 0.2) is 0 Å². The quantitative estimate of drug-likeness (QED) is 0.688. The first kappa shape index (κ1) is 15.3. The Morgan fingerprint density at radius 1 is 0.895 bits per heavy atom.